The van der Waals surface area contributed by atoms with E-state index in [0.717, 1.165) is 31.0 Å². The molecule has 0 spiro atoms. The SMILES string of the molecule is Cc1cc(CNC(=O)c2c(Br)nc3n2CCC3)no1. The average Bonchev–Trinajstić information content (AvgIpc) is 3.02. The van der Waals surface area contributed by atoms with Crippen molar-refractivity contribution in [1.82, 2.24) is 20.0 Å². The topological polar surface area (TPSA) is 73.0 Å². The van der Waals surface area contributed by atoms with Crippen LogP contribution >= 0.6 is 15.9 Å². The van der Waals surface area contributed by atoms with Gasteiger partial charge in [-0.2, -0.15) is 0 Å². The van der Waals surface area contributed by atoms with E-state index in [0.29, 0.717) is 22.5 Å². The third-order valence-corrected chi connectivity index (χ3v) is 3.66. The molecule has 1 aliphatic heterocycles. The Morgan fingerprint density at radius 2 is 2.47 bits per heavy atom. The van der Waals surface area contributed by atoms with Crippen molar-refractivity contribution >= 4 is 21.8 Å². The van der Waals surface area contributed by atoms with Gasteiger partial charge in [0.15, 0.2) is 0 Å². The Morgan fingerprint density at radius 1 is 1.63 bits per heavy atom. The number of imidazole rings is 1. The molecule has 0 saturated carbocycles. The van der Waals surface area contributed by atoms with Crippen LogP contribution in [0.5, 0.6) is 0 Å². The van der Waals surface area contributed by atoms with Crippen LogP contribution in [0, 0.1) is 6.92 Å². The molecule has 2 aromatic rings. The van der Waals surface area contributed by atoms with Gasteiger partial charge >= 0.3 is 0 Å². The summed E-state index contributed by atoms with van der Waals surface area (Å²) in [5, 5.41) is 6.67. The van der Waals surface area contributed by atoms with E-state index in [-0.39, 0.29) is 5.91 Å². The summed E-state index contributed by atoms with van der Waals surface area (Å²) < 4.78 is 7.53. The van der Waals surface area contributed by atoms with E-state index >= 15 is 0 Å². The summed E-state index contributed by atoms with van der Waals surface area (Å²) in [7, 11) is 0. The molecular weight excluding hydrogens is 312 g/mol. The number of aryl methyl sites for hydroxylation is 2. The molecule has 0 unspecified atom stereocenters. The van der Waals surface area contributed by atoms with Gasteiger partial charge < -0.3 is 14.4 Å². The Labute approximate surface area is 118 Å². The minimum Gasteiger partial charge on any atom is -0.361 e. The van der Waals surface area contributed by atoms with Crippen molar-refractivity contribution in [3.8, 4) is 0 Å². The Hall–Kier alpha value is -1.63. The third-order valence-electron chi connectivity index (χ3n) is 3.11. The summed E-state index contributed by atoms with van der Waals surface area (Å²) in [4.78, 5) is 16.6. The van der Waals surface area contributed by atoms with E-state index in [1.165, 1.54) is 0 Å². The molecular formula is C12H13BrN4O2. The summed E-state index contributed by atoms with van der Waals surface area (Å²) in [6.45, 7) is 3.02. The maximum Gasteiger partial charge on any atom is 0.271 e. The maximum absolute atomic E-state index is 12.2. The van der Waals surface area contributed by atoms with Crippen molar-refractivity contribution in [1.29, 1.82) is 0 Å². The number of nitrogens with zero attached hydrogens (tertiary/aromatic N) is 3. The molecule has 3 rings (SSSR count). The van der Waals surface area contributed by atoms with Crippen molar-refractivity contribution in [2.75, 3.05) is 0 Å². The molecule has 0 atom stereocenters. The van der Waals surface area contributed by atoms with Gasteiger partial charge in [0, 0.05) is 19.0 Å². The van der Waals surface area contributed by atoms with Gasteiger partial charge in [0.1, 0.15) is 27.6 Å². The molecule has 1 aliphatic rings. The van der Waals surface area contributed by atoms with Gasteiger partial charge in [0.25, 0.3) is 5.91 Å². The van der Waals surface area contributed by atoms with Gasteiger partial charge in [-0.15, -0.1) is 0 Å². The second kappa shape index (κ2) is 4.80. The molecule has 3 heterocycles. The fourth-order valence-electron chi connectivity index (χ4n) is 2.27. The first-order chi connectivity index (χ1) is 9.15. The van der Waals surface area contributed by atoms with Gasteiger partial charge in [-0.05, 0) is 29.3 Å². The predicted octanol–water partition coefficient (Wildman–Crippen LogP) is 1.82. The molecule has 6 nitrogen and oxygen atoms in total. The van der Waals surface area contributed by atoms with Crippen LogP contribution in [0.1, 0.15) is 34.2 Å². The summed E-state index contributed by atoms with van der Waals surface area (Å²) >= 11 is 3.35. The molecule has 0 fully saturated rings. The summed E-state index contributed by atoms with van der Waals surface area (Å²) in [5.41, 5.74) is 1.30. The normalized spacial score (nSPS) is 13.6. The Bertz CT molecular complexity index is 632. The van der Waals surface area contributed by atoms with Crippen molar-refractivity contribution < 1.29 is 9.32 Å². The number of amides is 1. The lowest BCUT2D eigenvalue weighted by molar-refractivity contribution is 0.0940. The van der Waals surface area contributed by atoms with Crippen LogP contribution in [0.25, 0.3) is 0 Å². The third kappa shape index (κ3) is 2.30. The van der Waals surface area contributed by atoms with Crippen LogP contribution in [-0.4, -0.2) is 20.6 Å². The number of rotatable bonds is 3. The molecule has 100 valence electrons. The summed E-state index contributed by atoms with van der Waals surface area (Å²) in [5.74, 6) is 1.55. The van der Waals surface area contributed by atoms with Crippen molar-refractivity contribution in [3.05, 3.63) is 33.6 Å². The highest BCUT2D eigenvalue weighted by Gasteiger charge is 2.24. The van der Waals surface area contributed by atoms with Crippen LogP contribution in [0.15, 0.2) is 15.2 Å². The van der Waals surface area contributed by atoms with Gasteiger partial charge in [0.2, 0.25) is 0 Å². The number of carbonyl (C=O) groups excluding carboxylic acids is 1. The molecule has 0 radical (unpaired) electrons. The number of hydrogen-bond donors (Lipinski definition) is 1. The lowest BCUT2D eigenvalue weighted by atomic mass is 10.3. The molecule has 1 amide bonds. The molecule has 0 saturated heterocycles. The Kier molecular flexibility index (Phi) is 3.14. The van der Waals surface area contributed by atoms with Crippen LogP contribution in [0.4, 0.5) is 0 Å². The number of hydrogen-bond acceptors (Lipinski definition) is 4. The zero-order valence-electron chi connectivity index (χ0n) is 10.4. The van der Waals surface area contributed by atoms with Gasteiger partial charge in [-0.3, -0.25) is 4.79 Å². The van der Waals surface area contributed by atoms with Crippen molar-refractivity contribution in [2.45, 2.75) is 32.9 Å². The first-order valence-electron chi connectivity index (χ1n) is 6.10. The zero-order valence-corrected chi connectivity index (χ0v) is 12.0. The largest absolute Gasteiger partial charge is 0.361 e. The molecule has 0 aliphatic carbocycles. The van der Waals surface area contributed by atoms with Gasteiger partial charge in [-0.1, -0.05) is 5.16 Å². The van der Waals surface area contributed by atoms with Crippen LogP contribution in [0.3, 0.4) is 0 Å². The maximum atomic E-state index is 12.2. The van der Waals surface area contributed by atoms with E-state index in [4.69, 9.17) is 4.52 Å². The fraction of sp³-hybridized carbons (Fsp3) is 0.417. The van der Waals surface area contributed by atoms with E-state index in [9.17, 15) is 4.79 Å². The molecule has 19 heavy (non-hydrogen) atoms. The highest BCUT2D eigenvalue weighted by molar-refractivity contribution is 9.10. The summed E-state index contributed by atoms with van der Waals surface area (Å²) in [6.07, 6.45) is 1.97. The molecule has 2 aromatic heterocycles. The first-order valence-corrected chi connectivity index (χ1v) is 6.90. The summed E-state index contributed by atoms with van der Waals surface area (Å²) in [6, 6.07) is 1.80. The van der Waals surface area contributed by atoms with Crippen LogP contribution in [0.2, 0.25) is 0 Å². The molecule has 1 N–H and O–H groups in total. The smallest absolute Gasteiger partial charge is 0.271 e. The molecule has 0 aromatic carbocycles. The lowest BCUT2D eigenvalue weighted by Crippen LogP contribution is -2.25. The zero-order chi connectivity index (χ0) is 13.4. The number of halogens is 1. The highest BCUT2D eigenvalue weighted by atomic mass is 79.9. The lowest BCUT2D eigenvalue weighted by Gasteiger charge is -2.05. The van der Waals surface area contributed by atoms with Crippen LogP contribution < -0.4 is 5.32 Å². The quantitative estimate of drug-likeness (QED) is 0.934. The van der Waals surface area contributed by atoms with Crippen molar-refractivity contribution in [3.63, 3.8) is 0 Å². The number of aromatic nitrogens is 3. The van der Waals surface area contributed by atoms with Gasteiger partial charge in [-0.25, -0.2) is 4.98 Å². The van der Waals surface area contributed by atoms with E-state index < -0.39 is 0 Å². The van der Waals surface area contributed by atoms with Gasteiger partial charge in [0.05, 0.1) is 6.54 Å². The molecule has 7 heteroatoms. The Morgan fingerprint density at radius 3 is 3.21 bits per heavy atom. The second-order valence-electron chi connectivity index (χ2n) is 4.53. The monoisotopic (exact) mass is 324 g/mol. The second-order valence-corrected chi connectivity index (χ2v) is 5.29. The Balaban J connectivity index is 1.74. The van der Waals surface area contributed by atoms with Crippen LogP contribution in [-0.2, 0) is 19.5 Å². The average molecular weight is 325 g/mol. The number of carbonyl (C=O) groups is 1. The minimum absolute atomic E-state index is 0.145. The number of nitrogens with one attached hydrogen (secondary N) is 1. The van der Waals surface area contributed by atoms with E-state index in [1.54, 1.807) is 6.07 Å². The standard InChI is InChI=1S/C12H13BrN4O2/c1-7-5-8(16-19-7)6-14-12(18)10-11(13)15-9-3-2-4-17(9)10/h5H,2-4,6H2,1H3,(H,14,18). The molecule has 0 bridgehead atoms. The number of fused-ring (bicyclic) bond motifs is 1. The fourth-order valence-corrected chi connectivity index (χ4v) is 2.86. The highest BCUT2D eigenvalue weighted by Crippen LogP contribution is 2.23. The first kappa shape index (κ1) is 12.4. The van der Waals surface area contributed by atoms with E-state index in [2.05, 4.69) is 31.4 Å². The predicted molar refractivity (Wildman–Crippen MR) is 70.7 cm³/mol. The van der Waals surface area contributed by atoms with E-state index in [1.807, 2.05) is 11.5 Å². The minimum atomic E-state index is -0.145. The van der Waals surface area contributed by atoms with Crippen molar-refractivity contribution in [2.24, 2.45) is 0 Å².